The number of aryl methyl sites for hydroxylation is 1. The Labute approximate surface area is 176 Å². The molecule has 0 amide bonds. The summed E-state index contributed by atoms with van der Waals surface area (Å²) in [6.07, 6.45) is 4.92. The van der Waals surface area contributed by atoms with Gasteiger partial charge in [0.15, 0.2) is 5.78 Å². The number of aliphatic hydroxyl groups is 1. The minimum atomic E-state index is -0.568. The predicted molar refractivity (Wildman–Crippen MR) is 121 cm³/mol. The fraction of sp³-hybridized carbons (Fsp3) is 0.538. The van der Waals surface area contributed by atoms with Gasteiger partial charge < -0.3 is 5.11 Å². The van der Waals surface area contributed by atoms with Gasteiger partial charge in [-0.1, -0.05) is 43.4 Å². The normalized spacial score (nSPS) is 20.9. The Balaban J connectivity index is 0.00000136. The average Bonchev–Trinajstić information content (AvgIpc) is 3.51. The topological polar surface area (TPSA) is 54.4 Å². The summed E-state index contributed by atoms with van der Waals surface area (Å²) >= 11 is 0. The third kappa shape index (κ3) is 5.14. The Hall–Kier alpha value is -2.00. The van der Waals surface area contributed by atoms with Gasteiger partial charge in [0.2, 0.25) is 0 Å². The number of carbonyl (C=O) groups excluding carboxylic acids is 2. The third-order valence-electron chi connectivity index (χ3n) is 6.59. The van der Waals surface area contributed by atoms with Crippen LogP contribution in [0.5, 0.6) is 0 Å². The van der Waals surface area contributed by atoms with Crippen molar-refractivity contribution in [3.05, 3.63) is 58.2 Å². The Morgan fingerprint density at radius 1 is 1.17 bits per heavy atom. The summed E-state index contributed by atoms with van der Waals surface area (Å²) in [6.45, 7) is 12.0. The summed E-state index contributed by atoms with van der Waals surface area (Å²) in [6, 6.07) is 6.20. The summed E-state index contributed by atoms with van der Waals surface area (Å²) in [5.74, 6) is 0.889. The van der Waals surface area contributed by atoms with Gasteiger partial charge in [0, 0.05) is 13.5 Å². The number of carbonyl (C=O) groups is 2. The molecule has 0 aliphatic heterocycles. The van der Waals surface area contributed by atoms with Gasteiger partial charge in [-0.25, -0.2) is 0 Å². The van der Waals surface area contributed by atoms with Crippen molar-refractivity contribution in [3.8, 4) is 0 Å². The van der Waals surface area contributed by atoms with E-state index in [0.29, 0.717) is 18.8 Å². The molecule has 1 saturated carbocycles. The Morgan fingerprint density at radius 3 is 2.34 bits per heavy atom. The van der Waals surface area contributed by atoms with Gasteiger partial charge >= 0.3 is 0 Å². The van der Waals surface area contributed by atoms with Crippen molar-refractivity contribution in [3.63, 3.8) is 0 Å². The fourth-order valence-corrected chi connectivity index (χ4v) is 4.37. The largest absolute Gasteiger partial charge is 0.400 e. The van der Waals surface area contributed by atoms with Crippen LogP contribution >= 0.6 is 0 Å². The van der Waals surface area contributed by atoms with Crippen LogP contribution in [0.4, 0.5) is 0 Å². The summed E-state index contributed by atoms with van der Waals surface area (Å²) < 4.78 is 0. The van der Waals surface area contributed by atoms with Gasteiger partial charge in [0.05, 0.1) is 5.41 Å². The number of benzene rings is 1. The van der Waals surface area contributed by atoms with Crippen LogP contribution < -0.4 is 0 Å². The first-order valence-electron chi connectivity index (χ1n) is 10.2. The molecule has 3 heteroatoms. The molecule has 1 unspecified atom stereocenters. The van der Waals surface area contributed by atoms with E-state index in [1.807, 2.05) is 6.07 Å². The monoisotopic (exact) mass is 398 g/mol. The van der Waals surface area contributed by atoms with Gasteiger partial charge in [-0.15, -0.1) is 0 Å². The minimum Gasteiger partial charge on any atom is -0.400 e. The molecule has 0 radical (unpaired) electrons. The summed E-state index contributed by atoms with van der Waals surface area (Å²) in [5, 5.41) is 7.00. The van der Waals surface area contributed by atoms with Gasteiger partial charge in [-0.2, -0.15) is 0 Å². The van der Waals surface area contributed by atoms with Crippen LogP contribution in [0, 0.1) is 19.8 Å². The van der Waals surface area contributed by atoms with Gasteiger partial charge in [-0.3, -0.25) is 9.59 Å². The van der Waals surface area contributed by atoms with Crippen molar-refractivity contribution in [1.82, 2.24) is 0 Å². The van der Waals surface area contributed by atoms with Crippen LogP contribution in [0.25, 0.3) is 0 Å². The lowest BCUT2D eigenvalue weighted by atomic mass is 9.63. The molecule has 0 saturated heterocycles. The molecule has 0 bridgehead atoms. The van der Waals surface area contributed by atoms with E-state index in [9.17, 15) is 9.59 Å². The molecule has 2 aliphatic carbocycles. The third-order valence-corrected chi connectivity index (χ3v) is 6.59. The van der Waals surface area contributed by atoms with Crippen molar-refractivity contribution < 1.29 is 14.7 Å². The molecule has 1 aromatic carbocycles. The number of aliphatic hydroxyl groups excluding tert-OH is 1. The highest BCUT2D eigenvalue weighted by Crippen LogP contribution is 2.45. The van der Waals surface area contributed by atoms with E-state index in [0.717, 1.165) is 42.2 Å². The molecular formula is C26H38O3. The van der Waals surface area contributed by atoms with Crippen LogP contribution in [0.15, 0.2) is 41.5 Å². The van der Waals surface area contributed by atoms with E-state index in [-0.39, 0.29) is 19.0 Å². The molecule has 160 valence electrons. The minimum absolute atomic E-state index is 0. The van der Waals surface area contributed by atoms with Crippen molar-refractivity contribution >= 4 is 11.6 Å². The maximum Gasteiger partial charge on any atom is 0.162 e. The molecule has 1 atom stereocenters. The lowest BCUT2D eigenvalue weighted by Gasteiger charge is -2.38. The molecule has 1 fully saturated rings. The lowest BCUT2D eigenvalue weighted by molar-refractivity contribution is -0.123. The molecule has 0 aromatic heterocycles. The van der Waals surface area contributed by atoms with E-state index in [4.69, 9.17) is 5.11 Å². The van der Waals surface area contributed by atoms with Gasteiger partial charge in [0.25, 0.3) is 0 Å². The highest BCUT2D eigenvalue weighted by atomic mass is 16.2. The average molecular weight is 399 g/mol. The number of rotatable bonds is 6. The highest BCUT2D eigenvalue weighted by molar-refractivity contribution is 6.00. The second kappa shape index (κ2) is 10.2. The first kappa shape index (κ1) is 25.0. The van der Waals surface area contributed by atoms with Crippen molar-refractivity contribution in [2.75, 3.05) is 7.11 Å². The van der Waals surface area contributed by atoms with E-state index < -0.39 is 5.41 Å². The number of allylic oxidation sites excluding steroid dienone is 3. The zero-order chi connectivity index (χ0) is 21.1. The van der Waals surface area contributed by atoms with Crippen molar-refractivity contribution in [1.29, 1.82) is 0 Å². The van der Waals surface area contributed by atoms with E-state index in [1.54, 1.807) is 6.92 Å². The second-order valence-corrected chi connectivity index (χ2v) is 8.35. The first-order valence-corrected chi connectivity index (χ1v) is 10.2. The summed E-state index contributed by atoms with van der Waals surface area (Å²) in [4.78, 5) is 25.9. The Kier molecular flexibility index (Phi) is 8.77. The quantitative estimate of drug-likeness (QED) is 0.616. The van der Waals surface area contributed by atoms with Crippen LogP contribution in [-0.4, -0.2) is 23.8 Å². The van der Waals surface area contributed by atoms with Crippen LogP contribution in [0.1, 0.15) is 76.5 Å². The number of ketones is 2. The summed E-state index contributed by atoms with van der Waals surface area (Å²) in [7, 11) is 1.00. The van der Waals surface area contributed by atoms with Gasteiger partial charge in [-0.05, 0) is 88.0 Å². The Bertz CT molecular complexity index is 811. The zero-order valence-electron chi connectivity index (χ0n) is 18.0. The molecule has 29 heavy (non-hydrogen) atoms. The molecule has 1 aromatic rings. The van der Waals surface area contributed by atoms with E-state index in [1.165, 1.54) is 24.0 Å². The molecule has 0 spiro atoms. The van der Waals surface area contributed by atoms with Crippen molar-refractivity contribution in [2.24, 2.45) is 5.92 Å². The predicted octanol–water partition coefficient (Wildman–Crippen LogP) is 5.80. The maximum absolute atomic E-state index is 13.0. The van der Waals surface area contributed by atoms with E-state index in [2.05, 4.69) is 39.5 Å². The van der Waals surface area contributed by atoms with Crippen LogP contribution in [0.3, 0.4) is 0 Å². The smallest absolute Gasteiger partial charge is 0.162 e. The molecule has 3 nitrogen and oxygen atoms in total. The standard InChI is InChI=1S/C24H30O2.CH4O.CH4/c1-15-7-6-8-22(18(15)4)24(19(5)25)12-11-16(2)21(14-24)23(26)13-17(3)20-9-10-20;1-2;/h6-8,20H,3,9-14H2,1-2,4-5H3;2H,1H3;1H4. The fourth-order valence-electron chi connectivity index (χ4n) is 4.37. The Morgan fingerprint density at radius 2 is 1.79 bits per heavy atom. The van der Waals surface area contributed by atoms with E-state index >= 15 is 0 Å². The number of hydrogen-bond donors (Lipinski definition) is 1. The maximum atomic E-state index is 13.0. The SMILES string of the molecule is C.C=C(CC(=O)C1=C(C)CCC(C(C)=O)(c2cccc(C)c2C)C1)C1CC1.CO. The molecule has 1 N–H and O–H groups in total. The lowest BCUT2D eigenvalue weighted by Crippen LogP contribution is -2.39. The zero-order valence-corrected chi connectivity index (χ0v) is 18.0. The first-order chi connectivity index (χ1) is 13.3. The summed E-state index contributed by atoms with van der Waals surface area (Å²) in [5.41, 5.74) is 6.00. The van der Waals surface area contributed by atoms with Crippen LogP contribution in [-0.2, 0) is 15.0 Å². The molecule has 2 aliphatic rings. The molecular weight excluding hydrogens is 360 g/mol. The molecule has 0 heterocycles. The highest BCUT2D eigenvalue weighted by Gasteiger charge is 2.43. The van der Waals surface area contributed by atoms with Crippen LogP contribution in [0.2, 0.25) is 0 Å². The van der Waals surface area contributed by atoms with Gasteiger partial charge in [0.1, 0.15) is 5.78 Å². The molecule has 3 rings (SSSR count). The second-order valence-electron chi connectivity index (χ2n) is 8.35. The van der Waals surface area contributed by atoms with Crippen molar-refractivity contribution in [2.45, 2.75) is 79.1 Å². The number of hydrogen-bond acceptors (Lipinski definition) is 3. The number of Topliss-reactive ketones (excluding diaryl/α,β-unsaturated/α-hetero) is 2.